The second-order valence-electron chi connectivity index (χ2n) is 6.83. The molecule has 2 N–H and O–H groups in total. The van der Waals surface area contributed by atoms with Crippen molar-refractivity contribution in [2.24, 2.45) is 11.8 Å². The van der Waals surface area contributed by atoms with Gasteiger partial charge in [-0.3, -0.25) is 9.59 Å². The van der Waals surface area contributed by atoms with Crippen molar-refractivity contribution in [1.29, 1.82) is 0 Å². The van der Waals surface area contributed by atoms with E-state index in [0.717, 1.165) is 5.56 Å². The number of rotatable bonds is 9. The molecule has 0 radical (unpaired) electrons. The summed E-state index contributed by atoms with van der Waals surface area (Å²) in [6, 6.07) is 4.89. The monoisotopic (exact) mass is 350 g/mol. The van der Waals surface area contributed by atoms with E-state index < -0.39 is 6.04 Å². The Labute approximate surface area is 150 Å². The van der Waals surface area contributed by atoms with Gasteiger partial charge in [0.1, 0.15) is 17.5 Å². The Kier molecular flexibility index (Phi) is 8.25. The summed E-state index contributed by atoms with van der Waals surface area (Å²) >= 11 is 0. The van der Waals surface area contributed by atoms with Crippen LogP contribution in [0.4, 0.5) is 0 Å². The summed E-state index contributed by atoms with van der Waals surface area (Å²) in [6.07, 6.45) is 0.406. The molecule has 0 heterocycles. The summed E-state index contributed by atoms with van der Waals surface area (Å²) in [5.41, 5.74) is 0.862. The first-order valence-corrected chi connectivity index (χ1v) is 8.55. The molecule has 1 rings (SSSR count). The van der Waals surface area contributed by atoms with E-state index in [0.29, 0.717) is 24.5 Å². The summed E-state index contributed by atoms with van der Waals surface area (Å²) in [5.74, 6) is 1.26. The lowest BCUT2D eigenvalue weighted by atomic mass is 10.0. The van der Waals surface area contributed by atoms with Crippen LogP contribution in [0, 0.1) is 11.8 Å². The fourth-order valence-corrected chi connectivity index (χ4v) is 2.41. The molecule has 1 atom stereocenters. The van der Waals surface area contributed by atoms with Crippen LogP contribution in [0.5, 0.6) is 11.5 Å². The van der Waals surface area contributed by atoms with Gasteiger partial charge in [-0.25, -0.2) is 0 Å². The van der Waals surface area contributed by atoms with Gasteiger partial charge in [0, 0.05) is 19.0 Å². The Bertz CT molecular complexity index is 563. The van der Waals surface area contributed by atoms with E-state index in [1.165, 1.54) is 0 Å². The minimum atomic E-state index is -0.557. The smallest absolute Gasteiger partial charge is 0.243 e. The van der Waals surface area contributed by atoms with Crippen LogP contribution < -0.4 is 20.1 Å². The van der Waals surface area contributed by atoms with Gasteiger partial charge in [-0.05, 0) is 29.5 Å². The van der Waals surface area contributed by atoms with Gasteiger partial charge in [0.2, 0.25) is 11.8 Å². The standard InChI is InChI=1S/C19H30N2O4/c1-12(2)7-17(22)21-18(13(3)4)19(23)20-11-14-8-15(24-5)10-16(9-14)25-6/h8-10,12-13,18H,7,11H2,1-6H3,(H,20,23)(H,21,22). The molecule has 0 spiro atoms. The van der Waals surface area contributed by atoms with Gasteiger partial charge < -0.3 is 20.1 Å². The molecule has 1 unspecified atom stereocenters. The van der Waals surface area contributed by atoms with E-state index in [-0.39, 0.29) is 23.7 Å². The quantitative estimate of drug-likeness (QED) is 0.717. The zero-order valence-corrected chi connectivity index (χ0v) is 16.0. The Morgan fingerprint density at radius 3 is 2.00 bits per heavy atom. The van der Waals surface area contributed by atoms with Crippen molar-refractivity contribution in [1.82, 2.24) is 10.6 Å². The number of methoxy groups -OCH3 is 2. The summed E-state index contributed by atoms with van der Waals surface area (Å²) in [6.45, 7) is 8.10. The Morgan fingerprint density at radius 1 is 1.00 bits per heavy atom. The number of nitrogens with one attached hydrogen (secondary N) is 2. The highest BCUT2D eigenvalue weighted by Crippen LogP contribution is 2.22. The first-order chi connectivity index (χ1) is 11.8. The molecule has 0 aliphatic carbocycles. The molecule has 0 saturated carbocycles. The van der Waals surface area contributed by atoms with Crippen LogP contribution in [0.25, 0.3) is 0 Å². The molecule has 6 heteroatoms. The molecule has 1 aromatic carbocycles. The fourth-order valence-electron chi connectivity index (χ4n) is 2.41. The molecule has 25 heavy (non-hydrogen) atoms. The third-order valence-electron chi connectivity index (χ3n) is 3.74. The van der Waals surface area contributed by atoms with Crippen LogP contribution in [0.1, 0.15) is 39.7 Å². The van der Waals surface area contributed by atoms with Gasteiger partial charge in [-0.2, -0.15) is 0 Å². The number of ether oxygens (including phenoxy) is 2. The van der Waals surface area contributed by atoms with Crippen LogP contribution >= 0.6 is 0 Å². The van der Waals surface area contributed by atoms with Crippen molar-refractivity contribution in [3.8, 4) is 11.5 Å². The summed E-state index contributed by atoms with van der Waals surface area (Å²) in [7, 11) is 3.16. The lowest BCUT2D eigenvalue weighted by molar-refractivity contribution is -0.130. The maximum atomic E-state index is 12.5. The zero-order chi connectivity index (χ0) is 19.0. The van der Waals surface area contributed by atoms with Crippen LogP contribution in [-0.2, 0) is 16.1 Å². The van der Waals surface area contributed by atoms with Gasteiger partial charge in [-0.15, -0.1) is 0 Å². The predicted molar refractivity (Wildman–Crippen MR) is 97.6 cm³/mol. The van der Waals surface area contributed by atoms with E-state index in [4.69, 9.17) is 9.47 Å². The lowest BCUT2D eigenvalue weighted by Gasteiger charge is -2.22. The average molecular weight is 350 g/mol. The Morgan fingerprint density at radius 2 is 1.56 bits per heavy atom. The molecule has 2 amide bonds. The number of hydrogen-bond donors (Lipinski definition) is 2. The van der Waals surface area contributed by atoms with Gasteiger partial charge in [-0.1, -0.05) is 27.7 Å². The molecule has 0 saturated heterocycles. The summed E-state index contributed by atoms with van der Waals surface area (Å²) in [4.78, 5) is 24.5. The highest BCUT2D eigenvalue weighted by Gasteiger charge is 2.24. The van der Waals surface area contributed by atoms with Gasteiger partial charge in [0.05, 0.1) is 14.2 Å². The third-order valence-corrected chi connectivity index (χ3v) is 3.74. The van der Waals surface area contributed by atoms with Crippen LogP contribution in [-0.4, -0.2) is 32.1 Å². The van der Waals surface area contributed by atoms with Crippen molar-refractivity contribution >= 4 is 11.8 Å². The minimum Gasteiger partial charge on any atom is -0.497 e. The number of amides is 2. The molecule has 0 fully saturated rings. The maximum Gasteiger partial charge on any atom is 0.243 e. The first-order valence-electron chi connectivity index (χ1n) is 8.55. The van der Waals surface area contributed by atoms with Crippen molar-refractivity contribution in [2.45, 2.75) is 46.7 Å². The molecule has 6 nitrogen and oxygen atoms in total. The van der Waals surface area contributed by atoms with Gasteiger partial charge in [0.15, 0.2) is 0 Å². The Hall–Kier alpha value is -2.24. The topological polar surface area (TPSA) is 76.7 Å². The molecule has 0 aromatic heterocycles. The van der Waals surface area contributed by atoms with Crippen LogP contribution in [0.15, 0.2) is 18.2 Å². The van der Waals surface area contributed by atoms with E-state index in [9.17, 15) is 9.59 Å². The molecule has 140 valence electrons. The lowest BCUT2D eigenvalue weighted by Crippen LogP contribution is -2.49. The SMILES string of the molecule is COc1cc(CNC(=O)C(NC(=O)CC(C)C)C(C)C)cc(OC)c1. The van der Waals surface area contributed by atoms with Crippen LogP contribution in [0.2, 0.25) is 0 Å². The predicted octanol–water partition coefficient (Wildman–Crippen LogP) is 2.51. The van der Waals surface area contributed by atoms with E-state index >= 15 is 0 Å². The fraction of sp³-hybridized carbons (Fsp3) is 0.579. The highest BCUT2D eigenvalue weighted by atomic mass is 16.5. The normalized spacial score (nSPS) is 12.0. The third kappa shape index (κ3) is 7.03. The second-order valence-corrected chi connectivity index (χ2v) is 6.83. The molecule has 0 aliphatic heterocycles. The second kappa shape index (κ2) is 9.91. The van der Waals surface area contributed by atoms with Crippen molar-refractivity contribution in [2.75, 3.05) is 14.2 Å². The molecular weight excluding hydrogens is 320 g/mol. The number of hydrogen-bond acceptors (Lipinski definition) is 4. The van der Waals surface area contributed by atoms with E-state index in [1.807, 2.05) is 39.8 Å². The van der Waals surface area contributed by atoms with Crippen LogP contribution in [0.3, 0.4) is 0 Å². The molecule has 1 aromatic rings. The van der Waals surface area contributed by atoms with Gasteiger partial charge >= 0.3 is 0 Å². The van der Waals surface area contributed by atoms with Crippen molar-refractivity contribution in [3.05, 3.63) is 23.8 Å². The molecule has 0 bridgehead atoms. The number of carbonyl (C=O) groups excluding carboxylic acids is 2. The number of carbonyl (C=O) groups is 2. The van der Waals surface area contributed by atoms with E-state index in [2.05, 4.69) is 10.6 Å². The summed E-state index contributed by atoms with van der Waals surface area (Å²) < 4.78 is 10.5. The van der Waals surface area contributed by atoms with Crippen molar-refractivity contribution < 1.29 is 19.1 Å². The van der Waals surface area contributed by atoms with Crippen molar-refractivity contribution in [3.63, 3.8) is 0 Å². The summed E-state index contributed by atoms with van der Waals surface area (Å²) in [5, 5.41) is 5.71. The zero-order valence-electron chi connectivity index (χ0n) is 16.0. The van der Waals surface area contributed by atoms with E-state index in [1.54, 1.807) is 20.3 Å². The minimum absolute atomic E-state index is 0.00374. The largest absolute Gasteiger partial charge is 0.497 e. The average Bonchev–Trinajstić information content (AvgIpc) is 2.56. The highest BCUT2D eigenvalue weighted by molar-refractivity contribution is 5.87. The first kappa shape index (κ1) is 20.8. The van der Waals surface area contributed by atoms with Gasteiger partial charge in [0.25, 0.3) is 0 Å². The molecular formula is C19H30N2O4. The molecule has 0 aliphatic rings. The Balaban J connectivity index is 2.73. The number of benzene rings is 1. The maximum absolute atomic E-state index is 12.5.